The Bertz CT molecular complexity index is 467. The third-order valence-corrected chi connectivity index (χ3v) is 2.95. The van der Waals surface area contributed by atoms with Gasteiger partial charge in [0.1, 0.15) is 0 Å². The van der Waals surface area contributed by atoms with Crippen molar-refractivity contribution in [2.75, 3.05) is 4.43 Å². The first-order chi connectivity index (χ1) is 9.22. The van der Waals surface area contributed by atoms with Crippen molar-refractivity contribution in [3.8, 4) is 0 Å². The van der Waals surface area contributed by atoms with Crippen LogP contribution in [0.3, 0.4) is 0 Å². The van der Waals surface area contributed by atoms with Crippen LogP contribution in [0.4, 0.5) is 0 Å². The third-order valence-electron chi connectivity index (χ3n) is 2.20. The first-order valence-electron chi connectivity index (χ1n) is 5.85. The zero-order valence-corrected chi connectivity index (χ0v) is 12.7. The van der Waals surface area contributed by atoms with E-state index in [1.54, 1.807) is 0 Å². The summed E-state index contributed by atoms with van der Waals surface area (Å²) in [5, 5.41) is 0. The fourth-order valence-electron chi connectivity index (χ4n) is 1.32. The lowest BCUT2D eigenvalue weighted by molar-refractivity contribution is -0.115. The fraction of sp³-hybridized carbons (Fsp3) is 0.0625. The Hall–Kier alpha value is -1.62. The molecule has 2 aromatic carbocycles. The Labute approximate surface area is 127 Å². The molecule has 2 N–H and O–H groups in total. The van der Waals surface area contributed by atoms with Gasteiger partial charge in [-0.2, -0.15) is 0 Å². The van der Waals surface area contributed by atoms with Gasteiger partial charge < -0.3 is 5.73 Å². The predicted molar refractivity (Wildman–Crippen MR) is 89.9 cm³/mol. The third kappa shape index (κ3) is 7.41. The number of halogens is 1. The molecule has 0 saturated heterocycles. The van der Waals surface area contributed by atoms with E-state index in [4.69, 9.17) is 0 Å². The molecule has 0 aliphatic rings. The molecule has 0 saturated carbocycles. The number of nitrogens with two attached hydrogens (primary N) is 1. The van der Waals surface area contributed by atoms with Gasteiger partial charge in [0.25, 0.3) is 0 Å². The van der Waals surface area contributed by atoms with Crippen LogP contribution in [0.2, 0.25) is 0 Å². The number of primary amides is 1. The van der Waals surface area contributed by atoms with Crippen LogP contribution >= 0.6 is 22.6 Å². The SMILES string of the molecule is C(=Cc1ccccc1)c1ccccc1.NC(=O)CI. The van der Waals surface area contributed by atoms with Crippen molar-refractivity contribution in [3.05, 3.63) is 71.8 Å². The van der Waals surface area contributed by atoms with Crippen molar-refractivity contribution >= 4 is 40.7 Å². The zero-order chi connectivity index (χ0) is 13.9. The van der Waals surface area contributed by atoms with Crippen LogP contribution in [-0.2, 0) is 4.79 Å². The summed E-state index contributed by atoms with van der Waals surface area (Å²) in [5.41, 5.74) is 7.11. The van der Waals surface area contributed by atoms with E-state index < -0.39 is 0 Å². The zero-order valence-electron chi connectivity index (χ0n) is 10.5. The molecule has 19 heavy (non-hydrogen) atoms. The van der Waals surface area contributed by atoms with E-state index in [0.717, 1.165) is 0 Å². The number of rotatable bonds is 3. The number of carbonyl (C=O) groups excluding carboxylic acids is 1. The van der Waals surface area contributed by atoms with Crippen LogP contribution in [-0.4, -0.2) is 10.3 Å². The van der Waals surface area contributed by atoms with E-state index in [1.807, 2.05) is 59.0 Å². The highest BCUT2D eigenvalue weighted by Crippen LogP contribution is 2.06. The van der Waals surface area contributed by atoms with Crippen LogP contribution in [0.1, 0.15) is 11.1 Å². The second kappa shape index (κ2) is 9.33. The number of alkyl halides is 1. The second-order valence-electron chi connectivity index (χ2n) is 3.75. The lowest BCUT2D eigenvalue weighted by Crippen LogP contribution is -2.10. The maximum atomic E-state index is 9.58. The van der Waals surface area contributed by atoms with E-state index in [-0.39, 0.29) is 5.91 Å². The topological polar surface area (TPSA) is 43.1 Å². The molecule has 0 heterocycles. The highest BCUT2D eigenvalue weighted by atomic mass is 127. The van der Waals surface area contributed by atoms with Gasteiger partial charge in [0.05, 0.1) is 4.43 Å². The molecule has 3 heteroatoms. The summed E-state index contributed by atoms with van der Waals surface area (Å²) in [6, 6.07) is 20.6. The van der Waals surface area contributed by atoms with E-state index in [1.165, 1.54) is 11.1 Å². The molecule has 2 rings (SSSR count). The summed E-state index contributed by atoms with van der Waals surface area (Å²) < 4.78 is 0.414. The smallest absolute Gasteiger partial charge is 0.227 e. The van der Waals surface area contributed by atoms with Crippen LogP contribution in [0, 0.1) is 0 Å². The maximum absolute atomic E-state index is 9.58. The van der Waals surface area contributed by atoms with Gasteiger partial charge in [-0.1, -0.05) is 95.4 Å². The molecule has 0 atom stereocenters. The number of carbonyl (C=O) groups is 1. The van der Waals surface area contributed by atoms with Crippen LogP contribution in [0.5, 0.6) is 0 Å². The van der Waals surface area contributed by atoms with E-state index in [2.05, 4.69) is 42.2 Å². The Balaban J connectivity index is 0.000000312. The Morgan fingerprint density at radius 1 is 0.895 bits per heavy atom. The van der Waals surface area contributed by atoms with Gasteiger partial charge in [0.2, 0.25) is 5.91 Å². The van der Waals surface area contributed by atoms with Crippen molar-refractivity contribution < 1.29 is 4.79 Å². The van der Waals surface area contributed by atoms with Crippen molar-refractivity contribution in [1.82, 2.24) is 0 Å². The molecule has 0 spiro atoms. The minimum atomic E-state index is -0.259. The van der Waals surface area contributed by atoms with Crippen molar-refractivity contribution in [1.29, 1.82) is 0 Å². The largest absolute Gasteiger partial charge is 0.369 e. The summed E-state index contributed by atoms with van der Waals surface area (Å²) in [7, 11) is 0. The van der Waals surface area contributed by atoms with Crippen LogP contribution in [0.25, 0.3) is 12.2 Å². The molecular weight excluding hydrogens is 349 g/mol. The van der Waals surface area contributed by atoms with Gasteiger partial charge in [0, 0.05) is 0 Å². The average molecular weight is 365 g/mol. The molecule has 0 unspecified atom stereocenters. The first kappa shape index (κ1) is 15.4. The van der Waals surface area contributed by atoms with Gasteiger partial charge in [0.15, 0.2) is 0 Å². The standard InChI is InChI=1S/C14H12.C2H4INO/c1-3-7-13(8-4-1)11-12-14-9-5-2-6-10-14;3-1-2(4)5/h1-12H;1H2,(H2,4,5). The first-order valence-corrected chi connectivity index (χ1v) is 7.37. The lowest BCUT2D eigenvalue weighted by Gasteiger charge is -1.92. The molecule has 0 bridgehead atoms. The van der Waals surface area contributed by atoms with Crippen molar-refractivity contribution in [2.45, 2.75) is 0 Å². The molecule has 2 aromatic rings. The average Bonchev–Trinajstić information content (AvgIpc) is 2.48. The van der Waals surface area contributed by atoms with Gasteiger partial charge in [-0.25, -0.2) is 0 Å². The van der Waals surface area contributed by atoms with Crippen molar-refractivity contribution in [3.63, 3.8) is 0 Å². The summed E-state index contributed by atoms with van der Waals surface area (Å²) in [4.78, 5) is 9.58. The number of hydrogen-bond acceptors (Lipinski definition) is 1. The summed E-state index contributed by atoms with van der Waals surface area (Å²) >= 11 is 1.90. The minimum absolute atomic E-state index is 0.259. The Morgan fingerprint density at radius 2 is 1.21 bits per heavy atom. The van der Waals surface area contributed by atoms with Crippen LogP contribution < -0.4 is 5.73 Å². The van der Waals surface area contributed by atoms with E-state index in [9.17, 15) is 4.79 Å². The van der Waals surface area contributed by atoms with Gasteiger partial charge in [-0.15, -0.1) is 0 Å². The molecule has 0 aliphatic carbocycles. The summed E-state index contributed by atoms with van der Waals surface area (Å²) in [6.07, 6.45) is 4.24. The monoisotopic (exact) mass is 365 g/mol. The van der Waals surface area contributed by atoms with E-state index in [0.29, 0.717) is 4.43 Å². The number of hydrogen-bond donors (Lipinski definition) is 1. The number of amides is 1. The molecule has 0 fully saturated rings. The minimum Gasteiger partial charge on any atom is -0.369 e. The maximum Gasteiger partial charge on any atom is 0.227 e. The quantitative estimate of drug-likeness (QED) is 0.502. The predicted octanol–water partition coefficient (Wildman–Crippen LogP) is 3.76. The summed E-state index contributed by atoms with van der Waals surface area (Å²) in [5.74, 6) is -0.259. The summed E-state index contributed by atoms with van der Waals surface area (Å²) in [6.45, 7) is 0. The molecule has 98 valence electrons. The molecular formula is C16H16INO. The number of benzene rings is 2. The van der Waals surface area contributed by atoms with E-state index >= 15 is 0 Å². The highest BCUT2D eigenvalue weighted by molar-refractivity contribution is 14.1. The van der Waals surface area contributed by atoms with Gasteiger partial charge in [-0.3, -0.25) is 4.79 Å². The second-order valence-corrected chi connectivity index (χ2v) is 4.52. The van der Waals surface area contributed by atoms with Crippen LogP contribution in [0.15, 0.2) is 60.7 Å². The van der Waals surface area contributed by atoms with Gasteiger partial charge >= 0.3 is 0 Å². The molecule has 0 radical (unpaired) electrons. The Kier molecular flexibility index (Phi) is 7.58. The Morgan fingerprint density at radius 3 is 1.47 bits per heavy atom. The molecule has 1 amide bonds. The molecule has 2 nitrogen and oxygen atoms in total. The lowest BCUT2D eigenvalue weighted by atomic mass is 10.1. The molecule has 0 aromatic heterocycles. The molecule has 0 aliphatic heterocycles. The highest BCUT2D eigenvalue weighted by Gasteiger charge is 1.84. The fourth-order valence-corrected chi connectivity index (χ4v) is 1.32. The normalized spacial score (nSPS) is 9.74. The van der Waals surface area contributed by atoms with Crippen molar-refractivity contribution in [2.24, 2.45) is 5.73 Å². The van der Waals surface area contributed by atoms with Gasteiger partial charge in [-0.05, 0) is 11.1 Å².